The van der Waals surface area contributed by atoms with Crippen molar-refractivity contribution in [3.63, 3.8) is 0 Å². The molecule has 4 nitrogen and oxygen atoms in total. The van der Waals surface area contributed by atoms with Crippen molar-refractivity contribution in [1.82, 2.24) is 9.97 Å². The molecule has 0 unspecified atom stereocenters. The van der Waals surface area contributed by atoms with Crippen molar-refractivity contribution in [3.05, 3.63) is 47.8 Å². The van der Waals surface area contributed by atoms with Crippen LogP contribution in [0.1, 0.15) is 22.8 Å². The van der Waals surface area contributed by atoms with Gasteiger partial charge in [0, 0.05) is 18.0 Å². The van der Waals surface area contributed by atoms with E-state index in [1.54, 1.807) is 36.7 Å². The summed E-state index contributed by atoms with van der Waals surface area (Å²) in [5.74, 6) is -0.401. The van der Waals surface area contributed by atoms with E-state index in [9.17, 15) is 4.79 Å². The fourth-order valence-corrected chi connectivity index (χ4v) is 1.48. The average molecular weight is 228 g/mol. The third-order valence-corrected chi connectivity index (χ3v) is 2.48. The van der Waals surface area contributed by atoms with Gasteiger partial charge in [0.05, 0.1) is 5.56 Å². The van der Waals surface area contributed by atoms with Crippen LogP contribution in [0.15, 0.2) is 36.7 Å². The molecule has 0 spiro atoms. The number of aromatic nitrogens is 2. The van der Waals surface area contributed by atoms with Gasteiger partial charge in [-0.3, -0.25) is 0 Å². The van der Waals surface area contributed by atoms with Crippen LogP contribution in [0.3, 0.4) is 0 Å². The third-order valence-electron chi connectivity index (χ3n) is 2.48. The number of aryl methyl sites for hydroxylation is 1. The zero-order chi connectivity index (χ0) is 12.3. The van der Waals surface area contributed by atoms with E-state index in [1.807, 2.05) is 6.92 Å². The van der Waals surface area contributed by atoms with Crippen LogP contribution >= 0.6 is 0 Å². The molecule has 0 amide bonds. The summed E-state index contributed by atoms with van der Waals surface area (Å²) in [7, 11) is 0. The number of benzene rings is 1. The Bertz CT molecular complexity index is 535. The van der Waals surface area contributed by atoms with E-state index < -0.39 is 5.97 Å². The highest BCUT2D eigenvalue weighted by atomic mass is 16.4. The number of hydrogen-bond acceptors (Lipinski definition) is 3. The molecule has 17 heavy (non-hydrogen) atoms. The second kappa shape index (κ2) is 4.74. The summed E-state index contributed by atoms with van der Waals surface area (Å²) < 4.78 is 0. The van der Waals surface area contributed by atoms with Crippen LogP contribution in [-0.4, -0.2) is 21.0 Å². The molecule has 0 aliphatic carbocycles. The van der Waals surface area contributed by atoms with E-state index in [-0.39, 0.29) is 5.56 Å². The van der Waals surface area contributed by atoms with E-state index in [4.69, 9.17) is 5.11 Å². The normalized spacial score (nSPS) is 10.2. The molecular weight excluding hydrogens is 216 g/mol. The average Bonchev–Trinajstić information content (AvgIpc) is 2.39. The molecule has 1 aromatic heterocycles. The van der Waals surface area contributed by atoms with Crippen LogP contribution in [-0.2, 0) is 6.42 Å². The van der Waals surface area contributed by atoms with Gasteiger partial charge >= 0.3 is 5.97 Å². The SMILES string of the molecule is CCc1cnc(-c2cccc(C(=O)O)c2)nc1. The lowest BCUT2D eigenvalue weighted by Crippen LogP contribution is -1.97. The first-order chi connectivity index (χ1) is 8.20. The lowest BCUT2D eigenvalue weighted by molar-refractivity contribution is 0.0697. The summed E-state index contributed by atoms with van der Waals surface area (Å²) >= 11 is 0. The van der Waals surface area contributed by atoms with Gasteiger partial charge < -0.3 is 5.11 Å². The van der Waals surface area contributed by atoms with Gasteiger partial charge in [-0.25, -0.2) is 14.8 Å². The van der Waals surface area contributed by atoms with Crippen LogP contribution in [0.2, 0.25) is 0 Å². The molecule has 1 heterocycles. The predicted octanol–water partition coefficient (Wildman–Crippen LogP) is 2.40. The molecule has 0 radical (unpaired) electrons. The van der Waals surface area contributed by atoms with Crippen molar-refractivity contribution in [3.8, 4) is 11.4 Å². The molecule has 0 fully saturated rings. The molecule has 1 aromatic carbocycles. The molecule has 1 N–H and O–H groups in total. The summed E-state index contributed by atoms with van der Waals surface area (Å²) in [4.78, 5) is 19.3. The third kappa shape index (κ3) is 2.47. The molecule has 0 aliphatic heterocycles. The maximum Gasteiger partial charge on any atom is 0.335 e. The van der Waals surface area contributed by atoms with E-state index in [1.165, 1.54) is 0 Å². The zero-order valence-corrected chi connectivity index (χ0v) is 9.42. The van der Waals surface area contributed by atoms with Crippen LogP contribution in [0, 0.1) is 0 Å². The van der Waals surface area contributed by atoms with Gasteiger partial charge in [0.1, 0.15) is 0 Å². The highest BCUT2D eigenvalue weighted by Gasteiger charge is 2.06. The maximum absolute atomic E-state index is 10.8. The zero-order valence-electron chi connectivity index (χ0n) is 9.42. The second-order valence-corrected chi connectivity index (χ2v) is 3.65. The summed E-state index contributed by atoms with van der Waals surface area (Å²) in [5.41, 5.74) is 2.02. The first-order valence-electron chi connectivity index (χ1n) is 5.35. The Morgan fingerprint density at radius 3 is 2.59 bits per heavy atom. The number of carbonyl (C=O) groups is 1. The number of nitrogens with zero attached hydrogens (tertiary/aromatic N) is 2. The minimum Gasteiger partial charge on any atom is -0.478 e. The Labute approximate surface area is 99.0 Å². The molecule has 0 saturated heterocycles. The summed E-state index contributed by atoms with van der Waals surface area (Å²) in [5, 5.41) is 8.90. The lowest BCUT2D eigenvalue weighted by atomic mass is 10.1. The topological polar surface area (TPSA) is 63.1 Å². The van der Waals surface area contributed by atoms with Crippen LogP contribution in [0.4, 0.5) is 0 Å². The van der Waals surface area contributed by atoms with Crippen molar-refractivity contribution in [2.24, 2.45) is 0 Å². The van der Waals surface area contributed by atoms with E-state index in [0.717, 1.165) is 12.0 Å². The second-order valence-electron chi connectivity index (χ2n) is 3.65. The molecular formula is C13H12N2O2. The molecule has 4 heteroatoms. The van der Waals surface area contributed by atoms with Gasteiger partial charge in [0.2, 0.25) is 0 Å². The van der Waals surface area contributed by atoms with Gasteiger partial charge in [-0.1, -0.05) is 19.1 Å². The van der Waals surface area contributed by atoms with Crippen molar-refractivity contribution >= 4 is 5.97 Å². The molecule has 0 aliphatic rings. The lowest BCUT2D eigenvalue weighted by Gasteiger charge is -2.02. The Balaban J connectivity index is 2.38. The smallest absolute Gasteiger partial charge is 0.335 e. The number of carboxylic acid groups (broad SMARTS) is 1. The van der Waals surface area contributed by atoms with Gasteiger partial charge in [-0.2, -0.15) is 0 Å². The van der Waals surface area contributed by atoms with Crippen molar-refractivity contribution < 1.29 is 9.90 Å². The number of hydrogen-bond donors (Lipinski definition) is 1. The van der Waals surface area contributed by atoms with Gasteiger partial charge in [-0.15, -0.1) is 0 Å². The largest absolute Gasteiger partial charge is 0.478 e. The minimum atomic E-state index is -0.947. The summed E-state index contributed by atoms with van der Waals surface area (Å²) in [6, 6.07) is 6.61. The number of carboxylic acids is 1. The molecule has 2 rings (SSSR count). The van der Waals surface area contributed by atoms with Crippen molar-refractivity contribution in [1.29, 1.82) is 0 Å². The van der Waals surface area contributed by atoms with E-state index in [0.29, 0.717) is 11.4 Å². The number of rotatable bonds is 3. The van der Waals surface area contributed by atoms with Gasteiger partial charge in [0.25, 0.3) is 0 Å². The highest BCUT2D eigenvalue weighted by Crippen LogP contribution is 2.16. The molecule has 0 bridgehead atoms. The number of aromatic carboxylic acids is 1. The predicted molar refractivity (Wildman–Crippen MR) is 63.8 cm³/mol. The van der Waals surface area contributed by atoms with E-state index in [2.05, 4.69) is 9.97 Å². The van der Waals surface area contributed by atoms with Crippen LogP contribution in [0.25, 0.3) is 11.4 Å². The highest BCUT2D eigenvalue weighted by molar-refractivity contribution is 5.89. The molecule has 86 valence electrons. The fourth-order valence-electron chi connectivity index (χ4n) is 1.48. The Kier molecular flexibility index (Phi) is 3.14. The fraction of sp³-hybridized carbons (Fsp3) is 0.154. The maximum atomic E-state index is 10.8. The summed E-state index contributed by atoms with van der Waals surface area (Å²) in [6.07, 6.45) is 4.40. The first kappa shape index (κ1) is 11.3. The minimum absolute atomic E-state index is 0.241. The molecule has 0 atom stereocenters. The Hall–Kier alpha value is -2.23. The van der Waals surface area contributed by atoms with Crippen LogP contribution in [0.5, 0.6) is 0 Å². The molecule has 2 aromatic rings. The first-order valence-corrected chi connectivity index (χ1v) is 5.35. The van der Waals surface area contributed by atoms with Gasteiger partial charge in [0.15, 0.2) is 5.82 Å². The van der Waals surface area contributed by atoms with E-state index >= 15 is 0 Å². The van der Waals surface area contributed by atoms with Gasteiger partial charge in [-0.05, 0) is 24.1 Å². The quantitative estimate of drug-likeness (QED) is 0.876. The Morgan fingerprint density at radius 2 is 2.00 bits per heavy atom. The molecule has 0 saturated carbocycles. The Morgan fingerprint density at radius 1 is 1.29 bits per heavy atom. The van der Waals surface area contributed by atoms with Crippen molar-refractivity contribution in [2.45, 2.75) is 13.3 Å². The standard InChI is InChI=1S/C13H12N2O2/c1-2-9-7-14-12(15-8-9)10-4-3-5-11(6-10)13(16)17/h3-8H,2H2,1H3,(H,16,17). The van der Waals surface area contributed by atoms with Crippen LogP contribution < -0.4 is 0 Å². The van der Waals surface area contributed by atoms with Crippen molar-refractivity contribution in [2.75, 3.05) is 0 Å². The monoisotopic (exact) mass is 228 g/mol. The summed E-state index contributed by atoms with van der Waals surface area (Å²) in [6.45, 7) is 2.03.